The molecule has 94 valence electrons. The molecule has 0 unspecified atom stereocenters. The van der Waals surface area contributed by atoms with Crippen molar-refractivity contribution < 1.29 is 14.1 Å². The van der Waals surface area contributed by atoms with Gasteiger partial charge < -0.3 is 9.30 Å². The van der Waals surface area contributed by atoms with E-state index in [0.717, 1.165) is 10.8 Å². The van der Waals surface area contributed by atoms with Gasteiger partial charge in [0.1, 0.15) is 12.3 Å². The van der Waals surface area contributed by atoms with E-state index in [0.29, 0.717) is 18.9 Å². The van der Waals surface area contributed by atoms with Crippen molar-refractivity contribution >= 4 is 35.7 Å². The number of alkyl halides is 1. The molecule has 0 N–H and O–H groups in total. The third-order valence-corrected chi connectivity index (χ3v) is 8.93. The molecule has 0 spiro atoms. The second-order valence-electron chi connectivity index (χ2n) is 4.22. The highest BCUT2D eigenvalue weighted by molar-refractivity contribution is 14.1. The van der Waals surface area contributed by atoms with E-state index in [9.17, 15) is 9.36 Å². The summed E-state index contributed by atoms with van der Waals surface area (Å²) in [5.41, 5.74) is 0. The number of esters is 1. The van der Waals surface area contributed by atoms with Gasteiger partial charge in [0.15, 0.2) is 0 Å². The molecule has 1 fully saturated rings. The average Bonchev–Trinajstić information content (AvgIpc) is 3.04. The summed E-state index contributed by atoms with van der Waals surface area (Å²) < 4.78 is 18.8. The van der Waals surface area contributed by atoms with E-state index >= 15 is 0 Å². The van der Waals surface area contributed by atoms with Gasteiger partial charge in [-0.1, -0.05) is 36.4 Å². The quantitative estimate of drug-likeness (QED) is 0.317. The molecule has 1 aliphatic carbocycles. The maximum Gasteiger partial charge on any atom is 0.319 e. The Balaban J connectivity index is 3.00. The Labute approximate surface area is 111 Å². The van der Waals surface area contributed by atoms with Crippen LogP contribution >= 0.6 is 29.7 Å². The minimum absolute atomic E-state index is 0.219. The first kappa shape index (κ1) is 14.5. The molecule has 0 aromatic heterocycles. The van der Waals surface area contributed by atoms with Gasteiger partial charge in [-0.15, -0.1) is 0 Å². The van der Waals surface area contributed by atoms with Crippen LogP contribution in [0.25, 0.3) is 0 Å². The Morgan fingerprint density at radius 1 is 1.44 bits per heavy atom. The molecular weight excluding hydrogens is 338 g/mol. The Morgan fingerprint density at radius 3 is 2.31 bits per heavy atom. The zero-order valence-electron chi connectivity index (χ0n) is 10.2. The summed E-state index contributed by atoms with van der Waals surface area (Å²) in [6, 6.07) is 0. The number of ether oxygens (including phenoxy) is 1. The second kappa shape index (κ2) is 5.38. The van der Waals surface area contributed by atoms with Gasteiger partial charge in [0.25, 0.3) is 0 Å². The number of halogens is 1. The van der Waals surface area contributed by atoms with E-state index in [1.54, 1.807) is 6.92 Å². The van der Waals surface area contributed by atoms with Crippen LogP contribution < -0.4 is 0 Å². The van der Waals surface area contributed by atoms with Crippen LogP contribution in [0.2, 0.25) is 0 Å². The molecule has 5 heteroatoms. The Morgan fingerprint density at radius 2 is 2.00 bits per heavy atom. The van der Waals surface area contributed by atoms with Crippen LogP contribution in [0.3, 0.4) is 0 Å². The van der Waals surface area contributed by atoms with Crippen molar-refractivity contribution in [2.24, 2.45) is 5.92 Å². The highest BCUT2D eigenvalue weighted by atomic mass is 127. The van der Waals surface area contributed by atoms with E-state index in [4.69, 9.17) is 4.74 Å². The lowest BCUT2D eigenvalue weighted by atomic mass is 10.3. The summed E-state index contributed by atoms with van der Waals surface area (Å²) in [5, 5.41) is -0.631. The highest BCUT2D eigenvalue weighted by Gasteiger charge is 2.69. The van der Waals surface area contributed by atoms with Crippen LogP contribution in [0, 0.1) is 5.92 Å². The van der Waals surface area contributed by atoms with Gasteiger partial charge in [-0.05, 0) is 31.6 Å². The first-order valence-corrected chi connectivity index (χ1v) is 9.44. The van der Waals surface area contributed by atoms with Crippen molar-refractivity contribution in [2.45, 2.75) is 32.3 Å². The predicted molar refractivity (Wildman–Crippen MR) is 75.0 cm³/mol. The number of hydrogen-bond donors (Lipinski definition) is 0. The molecule has 1 aliphatic rings. The maximum atomic E-state index is 12.8. The summed E-state index contributed by atoms with van der Waals surface area (Å²) >= 11 is 2.27. The fourth-order valence-corrected chi connectivity index (χ4v) is 7.15. The SMILES string of the molecule is CCOC(=O)[C@@]1(P(=O)(CC)CC)C[C@H]1CI. The lowest BCUT2D eigenvalue weighted by molar-refractivity contribution is -0.143. The predicted octanol–water partition coefficient (Wildman–Crippen LogP) is 3.15. The number of carbonyl (C=O) groups excluding carboxylic acids is 1. The Kier molecular flexibility index (Phi) is 4.88. The van der Waals surface area contributed by atoms with E-state index in [1.165, 1.54) is 0 Å². The van der Waals surface area contributed by atoms with E-state index in [2.05, 4.69) is 22.6 Å². The van der Waals surface area contributed by atoms with Crippen LogP contribution in [-0.4, -0.2) is 34.5 Å². The van der Waals surface area contributed by atoms with Crippen molar-refractivity contribution in [3.8, 4) is 0 Å². The molecule has 0 aromatic rings. The molecular formula is C11H20IO3P. The van der Waals surface area contributed by atoms with Crippen LogP contribution in [-0.2, 0) is 14.1 Å². The van der Waals surface area contributed by atoms with Gasteiger partial charge in [-0.3, -0.25) is 4.79 Å². The van der Waals surface area contributed by atoms with E-state index in [-0.39, 0.29) is 11.9 Å². The van der Waals surface area contributed by atoms with Crippen molar-refractivity contribution in [1.29, 1.82) is 0 Å². The fraction of sp³-hybridized carbons (Fsp3) is 0.909. The van der Waals surface area contributed by atoms with Crippen molar-refractivity contribution in [2.75, 3.05) is 23.4 Å². The van der Waals surface area contributed by atoms with Gasteiger partial charge >= 0.3 is 5.97 Å². The monoisotopic (exact) mass is 358 g/mol. The summed E-state index contributed by atoms with van der Waals surface area (Å²) in [5.74, 6) is 0.0431. The lowest BCUT2D eigenvalue weighted by Gasteiger charge is -2.25. The molecule has 16 heavy (non-hydrogen) atoms. The number of carbonyl (C=O) groups is 1. The summed E-state index contributed by atoms with van der Waals surface area (Å²) in [4.78, 5) is 12.1. The van der Waals surface area contributed by atoms with Crippen LogP contribution in [0.5, 0.6) is 0 Å². The van der Waals surface area contributed by atoms with Gasteiger partial charge in [-0.2, -0.15) is 0 Å². The molecule has 0 aromatic carbocycles. The average molecular weight is 358 g/mol. The highest BCUT2D eigenvalue weighted by Crippen LogP contribution is 2.73. The first-order valence-electron chi connectivity index (χ1n) is 5.83. The molecule has 3 nitrogen and oxygen atoms in total. The molecule has 0 aliphatic heterocycles. The normalized spacial score (nSPS) is 28.9. The van der Waals surface area contributed by atoms with Crippen LogP contribution in [0.1, 0.15) is 27.2 Å². The fourth-order valence-electron chi connectivity index (χ4n) is 2.46. The largest absolute Gasteiger partial charge is 0.465 e. The van der Waals surface area contributed by atoms with Gasteiger partial charge in [0.2, 0.25) is 0 Å². The number of hydrogen-bond acceptors (Lipinski definition) is 3. The molecule has 0 radical (unpaired) electrons. The Bertz CT molecular complexity index is 310. The maximum absolute atomic E-state index is 12.8. The summed E-state index contributed by atoms with van der Waals surface area (Å²) in [6.07, 6.45) is 1.97. The Hall–Kier alpha value is 0.430. The lowest BCUT2D eigenvalue weighted by Crippen LogP contribution is -2.30. The molecule has 2 atom stereocenters. The smallest absolute Gasteiger partial charge is 0.319 e. The summed E-state index contributed by atoms with van der Waals surface area (Å²) in [6.45, 7) is 6.03. The second-order valence-corrected chi connectivity index (χ2v) is 8.94. The summed E-state index contributed by atoms with van der Waals surface area (Å²) in [7, 11) is -2.41. The van der Waals surface area contributed by atoms with Crippen molar-refractivity contribution in [1.82, 2.24) is 0 Å². The van der Waals surface area contributed by atoms with Crippen LogP contribution in [0.15, 0.2) is 0 Å². The van der Waals surface area contributed by atoms with Crippen molar-refractivity contribution in [3.63, 3.8) is 0 Å². The third-order valence-electron chi connectivity index (χ3n) is 3.64. The molecule has 1 rings (SSSR count). The standard InChI is InChI=1S/C11H20IO3P/c1-4-15-10(13)11(7-9(11)8-12)16(14,5-2)6-3/h9H,4-8H2,1-3H3/t9-,11+/m0/s1. The third kappa shape index (κ3) is 2.07. The molecule has 0 heterocycles. The zero-order valence-corrected chi connectivity index (χ0v) is 13.2. The van der Waals surface area contributed by atoms with E-state index in [1.807, 2.05) is 13.8 Å². The van der Waals surface area contributed by atoms with Gasteiger partial charge in [-0.25, -0.2) is 0 Å². The minimum Gasteiger partial charge on any atom is -0.465 e. The number of rotatable bonds is 6. The molecule has 0 amide bonds. The zero-order chi connectivity index (χ0) is 12.4. The first-order chi connectivity index (χ1) is 7.52. The topological polar surface area (TPSA) is 43.4 Å². The minimum atomic E-state index is -2.41. The molecule has 0 saturated heterocycles. The molecule has 1 saturated carbocycles. The van der Waals surface area contributed by atoms with Gasteiger partial charge in [0, 0.05) is 4.43 Å². The van der Waals surface area contributed by atoms with Crippen LogP contribution in [0.4, 0.5) is 0 Å². The van der Waals surface area contributed by atoms with Crippen molar-refractivity contribution in [3.05, 3.63) is 0 Å². The van der Waals surface area contributed by atoms with Gasteiger partial charge in [0.05, 0.1) is 6.61 Å². The molecule has 0 bridgehead atoms. The van der Waals surface area contributed by atoms with E-state index < -0.39 is 12.3 Å².